The summed E-state index contributed by atoms with van der Waals surface area (Å²) in [5.41, 5.74) is 8.55. The summed E-state index contributed by atoms with van der Waals surface area (Å²) in [4.78, 5) is 16.1. The van der Waals surface area contributed by atoms with Crippen LogP contribution in [0.15, 0.2) is 23.2 Å². The molecule has 1 saturated carbocycles. The van der Waals surface area contributed by atoms with E-state index in [0.29, 0.717) is 0 Å². The number of guanidine groups is 1. The van der Waals surface area contributed by atoms with Crippen LogP contribution in [0.3, 0.4) is 0 Å². The molecule has 5 nitrogen and oxygen atoms in total. The molecule has 1 aliphatic carbocycles. The molecule has 1 aromatic rings. The van der Waals surface area contributed by atoms with Crippen LogP contribution in [0.4, 0.5) is 10.5 Å². The van der Waals surface area contributed by atoms with Crippen molar-refractivity contribution in [2.45, 2.75) is 39.2 Å². The van der Waals surface area contributed by atoms with Crippen molar-refractivity contribution >= 4 is 30.1 Å². The predicted molar refractivity (Wildman–Crippen MR) is 84.6 cm³/mol. The Balaban J connectivity index is 0.00000200. The summed E-state index contributed by atoms with van der Waals surface area (Å²) in [5.74, 6) is 0.188. The molecular formula is C14H21ClN4O. The molecule has 20 heavy (non-hydrogen) atoms. The number of nitrogens with zero attached hydrogens (tertiary/aromatic N) is 1. The third-order valence-corrected chi connectivity index (χ3v) is 3.36. The van der Waals surface area contributed by atoms with E-state index in [0.717, 1.165) is 29.7 Å². The van der Waals surface area contributed by atoms with E-state index in [1.54, 1.807) is 0 Å². The van der Waals surface area contributed by atoms with Gasteiger partial charge >= 0.3 is 6.03 Å². The van der Waals surface area contributed by atoms with E-state index < -0.39 is 0 Å². The lowest BCUT2D eigenvalue weighted by Crippen LogP contribution is -2.41. The van der Waals surface area contributed by atoms with Crippen LogP contribution in [0, 0.1) is 13.8 Å². The summed E-state index contributed by atoms with van der Waals surface area (Å²) in [6.07, 6.45) is 3.30. The Bertz CT molecular complexity index is 492. The third-order valence-electron chi connectivity index (χ3n) is 3.36. The summed E-state index contributed by atoms with van der Waals surface area (Å²) < 4.78 is 0. The van der Waals surface area contributed by atoms with Crippen LogP contribution in [-0.2, 0) is 0 Å². The van der Waals surface area contributed by atoms with Gasteiger partial charge in [-0.3, -0.25) is 5.32 Å². The molecule has 0 unspecified atom stereocenters. The number of benzene rings is 1. The number of hydrogen-bond acceptors (Lipinski definition) is 2. The number of carbonyl (C=O) groups excluding carboxylic acids is 1. The molecular weight excluding hydrogens is 276 g/mol. The summed E-state index contributed by atoms with van der Waals surface area (Å²) in [6, 6.07) is 5.79. The Morgan fingerprint density at radius 1 is 1.30 bits per heavy atom. The van der Waals surface area contributed by atoms with E-state index in [1.807, 2.05) is 32.0 Å². The smallest absolute Gasteiger partial charge is 0.326 e. The molecule has 0 radical (unpaired) electrons. The monoisotopic (exact) mass is 296 g/mol. The van der Waals surface area contributed by atoms with Gasteiger partial charge in [-0.2, -0.15) is 0 Å². The van der Waals surface area contributed by atoms with Gasteiger partial charge in [-0.05, 0) is 44.2 Å². The van der Waals surface area contributed by atoms with Crippen molar-refractivity contribution in [3.05, 3.63) is 29.3 Å². The van der Waals surface area contributed by atoms with Crippen LogP contribution in [0.2, 0.25) is 0 Å². The van der Waals surface area contributed by atoms with Gasteiger partial charge in [0.15, 0.2) is 5.96 Å². The van der Waals surface area contributed by atoms with Crippen molar-refractivity contribution < 1.29 is 4.79 Å². The fourth-order valence-electron chi connectivity index (χ4n) is 2.02. The Labute approximate surface area is 125 Å². The average Bonchev–Trinajstić information content (AvgIpc) is 2.29. The molecule has 0 spiro atoms. The number of rotatable bonds is 2. The van der Waals surface area contributed by atoms with Crippen molar-refractivity contribution in [1.82, 2.24) is 5.32 Å². The molecule has 0 saturated heterocycles. The Morgan fingerprint density at radius 2 is 1.90 bits per heavy atom. The average molecular weight is 297 g/mol. The number of hydrogen-bond donors (Lipinski definition) is 3. The van der Waals surface area contributed by atoms with E-state index in [2.05, 4.69) is 15.6 Å². The number of halogens is 1. The third kappa shape index (κ3) is 4.13. The predicted octanol–water partition coefficient (Wildman–Crippen LogP) is 2.71. The highest BCUT2D eigenvalue weighted by molar-refractivity contribution is 6.02. The Kier molecular flexibility index (Phi) is 5.82. The fraction of sp³-hybridized carbons (Fsp3) is 0.429. The molecule has 110 valence electrons. The zero-order valence-corrected chi connectivity index (χ0v) is 12.6. The maximum atomic E-state index is 11.8. The highest BCUT2D eigenvalue weighted by Gasteiger charge is 2.17. The lowest BCUT2D eigenvalue weighted by molar-refractivity contribution is 0.256. The SMILES string of the molecule is Cc1cccc(C)c1NC(=O)NC(N)=NC1CCC1.Cl. The Morgan fingerprint density at radius 3 is 2.40 bits per heavy atom. The van der Waals surface area contributed by atoms with Crippen molar-refractivity contribution in [3.8, 4) is 0 Å². The van der Waals surface area contributed by atoms with Gasteiger partial charge < -0.3 is 11.1 Å². The van der Waals surface area contributed by atoms with Crippen LogP contribution < -0.4 is 16.4 Å². The topological polar surface area (TPSA) is 79.5 Å². The minimum Gasteiger partial charge on any atom is -0.370 e. The van der Waals surface area contributed by atoms with E-state index in [4.69, 9.17) is 5.73 Å². The number of urea groups is 1. The van der Waals surface area contributed by atoms with Crippen molar-refractivity contribution in [2.75, 3.05) is 5.32 Å². The summed E-state index contributed by atoms with van der Waals surface area (Å²) >= 11 is 0. The summed E-state index contributed by atoms with van der Waals surface area (Å²) in [5, 5.41) is 5.37. The van der Waals surface area contributed by atoms with Crippen molar-refractivity contribution in [1.29, 1.82) is 0 Å². The lowest BCUT2D eigenvalue weighted by Gasteiger charge is -2.21. The Hall–Kier alpha value is -1.75. The molecule has 2 rings (SSSR count). The maximum absolute atomic E-state index is 11.8. The van der Waals surface area contributed by atoms with Gasteiger partial charge in [0, 0.05) is 5.69 Å². The zero-order chi connectivity index (χ0) is 13.8. The number of anilines is 1. The molecule has 0 aromatic heterocycles. The number of para-hydroxylation sites is 1. The summed E-state index contributed by atoms with van der Waals surface area (Å²) in [6.45, 7) is 3.91. The fourth-order valence-corrected chi connectivity index (χ4v) is 2.02. The summed E-state index contributed by atoms with van der Waals surface area (Å²) in [7, 11) is 0. The van der Waals surface area contributed by atoms with E-state index in [9.17, 15) is 4.79 Å². The number of nitrogens with two attached hydrogens (primary N) is 1. The van der Waals surface area contributed by atoms with Crippen LogP contribution in [0.25, 0.3) is 0 Å². The van der Waals surface area contributed by atoms with Crippen LogP contribution >= 0.6 is 12.4 Å². The highest BCUT2D eigenvalue weighted by Crippen LogP contribution is 2.21. The minimum absolute atomic E-state index is 0. The second-order valence-corrected chi connectivity index (χ2v) is 4.94. The molecule has 4 N–H and O–H groups in total. The first-order valence-electron chi connectivity index (χ1n) is 6.54. The molecule has 0 bridgehead atoms. The van der Waals surface area contributed by atoms with E-state index >= 15 is 0 Å². The lowest BCUT2D eigenvalue weighted by atomic mass is 9.94. The molecule has 1 aromatic carbocycles. The van der Waals surface area contributed by atoms with Crippen molar-refractivity contribution in [2.24, 2.45) is 10.7 Å². The zero-order valence-electron chi connectivity index (χ0n) is 11.8. The van der Waals surface area contributed by atoms with Gasteiger partial charge in [-0.25, -0.2) is 9.79 Å². The molecule has 1 aliphatic rings. The van der Waals surface area contributed by atoms with Gasteiger partial charge in [0.1, 0.15) is 0 Å². The molecule has 6 heteroatoms. The number of carbonyl (C=O) groups is 1. The quantitative estimate of drug-likeness (QED) is 0.579. The van der Waals surface area contributed by atoms with Crippen LogP contribution in [0.5, 0.6) is 0 Å². The van der Waals surface area contributed by atoms with Gasteiger partial charge in [0.25, 0.3) is 0 Å². The minimum atomic E-state index is -0.349. The van der Waals surface area contributed by atoms with E-state index in [1.165, 1.54) is 6.42 Å². The second-order valence-electron chi connectivity index (χ2n) is 4.94. The molecule has 0 aliphatic heterocycles. The van der Waals surface area contributed by atoms with Gasteiger partial charge in [0.05, 0.1) is 6.04 Å². The first-order chi connectivity index (χ1) is 9.06. The molecule has 0 heterocycles. The highest BCUT2D eigenvalue weighted by atomic mass is 35.5. The van der Waals surface area contributed by atoms with Gasteiger partial charge in [-0.15, -0.1) is 12.4 Å². The molecule has 2 amide bonds. The number of amides is 2. The number of nitrogens with one attached hydrogen (secondary N) is 2. The van der Waals surface area contributed by atoms with Crippen LogP contribution in [-0.4, -0.2) is 18.0 Å². The standard InChI is InChI=1S/C14H20N4O.ClH/c1-9-5-3-6-10(2)12(9)17-14(19)18-13(15)16-11-7-4-8-11;/h3,5-6,11H,4,7-8H2,1-2H3,(H4,15,16,17,18,19);1H. The number of aliphatic imine (C=N–C) groups is 1. The maximum Gasteiger partial charge on any atom is 0.326 e. The van der Waals surface area contributed by atoms with Crippen LogP contribution in [0.1, 0.15) is 30.4 Å². The second kappa shape index (κ2) is 7.14. The first kappa shape index (κ1) is 16.3. The normalized spacial score (nSPS) is 15.0. The van der Waals surface area contributed by atoms with Gasteiger partial charge in [-0.1, -0.05) is 18.2 Å². The van der Waals surface area contributed by atoms with Crippen molar-refractivity contribution in [3.63, 3.8) is 0 Å². The molecule has 1 fully saturated rings. The first-order valence-corrected chi connectivity index (χ1v) is 6.54. The largest absolute Gasteiger partial charge is 0.370 e. The number of aryl methyl sites for hydroxylation is 2. The van der Waals surface area contributed by atoms with E-state index in [-0.39, 0.29) is 30.4 Å². The molecule has 0 atom stereocenters. The van der Waals surface area contributed by atoms with Gasteiger partial charge in [0.2, 0.25) is 0 Å².